The molecule has 2 N–H and O–H groups in total. The molecule has 1 fully saturated rings. The second kappa shape index (κ2) is 10.5. The topological polar surface area (TPSA) is 97.3 Å². The molecule has 0 aliphatic carbocycles. The van der Waals surface area contributed by atoms with Gasteiger partial charge in [-0.3, -0.25) is 9.69 Å². The van der Waals surface area contributed by atoms with E-state index in [-0.39, 0.29) is 29.3 Å². The Morgan fingerprint density at radius 2 is 1.92 bits per heavy atom. The number of aryl methyl sites for hydroxylation is 1. The Hall–Kier alpha value is -3.47. The number of esters is 1. The van der Waals surface area contributed by atoms with Gasteiger partial charge in [-0.1, -0.05) is 17.7 Å². The fraction of sp³-hybridized carbons (Fsp3) is 0.462. The summed E-state index contributed by atoms with van der Waals surface area (Å²) in [6.07, 6.45) is -4.30. The molecule has 4 rings (SSSR count). The number of carbonyl (C=O) groups is 2. The van der Waals surface area contributed by atoms with Crippen LogP contribution in [-0.2, 0) is 20.7 Å². The lowest BCUT2D eigenvalue weighted by molar-refractivity contribution is -0.206. The van der Waals surface area contributed by atoms with E-state index in [1.807, 2.05) is 24.0 Å². The fourth-order valence-electron chi connectivity index (χ4n) is 4.72. The monoisotopic (exact) mass is 522 g/mol. The summed E-state index contributed by atoms with van der Waals surface area (Å²) in [7, 11) is 0. The van der Waals surface area contributed by atoms with E-state index in [0.29, 0.717) is 25.9 Å². The van der Waals surface area contributed by atoms with E-state index < -0.39 is 30.8 Å². The number of hydrogen-bond donors (Lipinski definition) is 2. The Labute approximate surface area is 212 Å². The molecule has 0 saturated carbocycles. The van der Waals surface area contributed by atoms with Gasteiger partial charge in [0.05, 0.1) is 5.69 Å². The molecule has 2 aromatic rings. The van der Waals surface area contributed by atoms with Crippen LogP contribution < -0.4 is 14.8 Å². The number of alkyl halides is 3. The zero-order valence-corrected chi connectivity index (χ0v) is 20.6. The second-order valence-electron chi connectivity index (χ2n) is 9.57. The number of aromatic hydroxyl groups is 1. The number of halogens is 3. The molecule has 0 aromatic heterocycles. The Morgan fingerprint density at radius 1 is 1.19 bits per heavy atom. The smallest absolute Gasteiger partial charge is 0.490 e. The molecule has 2 aromatic carbocycles. The minimum absolute atomic E-state index is 0.0121. The molecule has 0 bridgehead atoms. The molecular formula is C26H29F3N2O6. The molecule has 8 nitrogen and oxygen atoms in total. The van der Waals surface area contributed by atoms with Crippen LogP contribution >= 0.6 is 0 Å². The molecule has 1 amide bonds. The minimum atomic E-state index is -5.15. The van der Waals surface area contributed by atoms with Crippen molar-refractivity contribution in [1.29, 1.82) is 0 Å². The zero-order chi connectivity index (χ0) is 26.8. The van der Waals surface area contributed by atoms with Crippen LogP contribution in [0.15, 0.2) is 36.4 Å². The first-order chi connectivity index (χ1) is 17.4. The molecule has 2 heterocycles. The summed E-state index contributed by atoms with van der Waals surface area (Å²) in [4.78, 5) is 25.0. The highest BCUT2D eigenvalue weighted by molar-refractivity contribution is 5.90. The van der Waals surface area contributed by atoms with Crippen LogP contribution in [0.3, 0.4) is 0 Å². The summed E-state index contributed by atoms with van der Waals surface area (Å²) in [5.74, 6) is -1.97. The highest BCUT2D eigenvalue weighted by Gasteiger charge is 2.44. The molecule has 37 heavy (non-hydrogen) atoms. The highest BCUT2D eigenvalue weighted by atomic mass is 19.4. The van der Waals surface area contributed by atoms with Gasteiger partial charge in [0.15, 0.2) is 0 Å². The summed E-state index contributed by atoms with van der Waals surface area (Å²) in [5, 5.41) is 12.3. The number of hydrogen-bond acceptors (Lipinski definition) is 7. The molecule has 1 saturated heterocycles. The third kappa shape index (κ3) is 6.65. The van der Waals surface area contributed by atoms with E-state index in [9.17, 15) is 27.9 Å². The normalized spacial score (nSPS) is 17.5. The van der Waals surface area contributed by atoms with Crippen molar-refractivity contribution in [1.82, 2.24) is 4.90 Å². The van der Waals surface area contributed by atoms with Crippen molar-refractivity contribution in [2.75, 3.05) is 31.6 Å². The summed E-state index contributed by atoms with van der Waals surface area (Å²) in [5.41, 5.74) is 2.18. The number of phenolic OH excluding ortho intramolecular Hbond substituents is 1. The van der Waals surface area contributed by atoms with Crippen molar-refractivity contribution in [2.24, 2.45) is 0 Å². The van der Waals surface area contributed by atoms with Gasteiger partial charge in [-0.2, -0.15) is 13.2 Å². The minimum Gasteiger partial charge on any atom is -0.508 e. The molecule has 0 unspecified atom stereocenters. The Morgan fingerprint density at radius 3 is 2.59 bits per heavy atom. The maximum absolute atomic E-state index is 12.9. The Kier molecular flexibility index (Phi) is 7.54. The van der Waals surface area contributed by atoms with E-state index in [1.165, 1.54) is 25.1 Å². The predicted octanol–water partition coefficient (Wildman–Crippen LogP) is 3.98. The quantitative estimate of drug-likeness (QED) is 0.419. The van der Waals surface area contributed by atoms with Gasteiger partial charge in [0.1, 0.15) is 35.6 Å². The van der Waals surface area contributed by atoms with Gasteiger partial charge in [-0.15, -0.1) is 0 Å². The molecule has 2 aliphatic heterocycles. The number of likely N-dealkylation sites (tertiary alicyclic amines) is 1. The molecule has 1 atom stereocenters. The first-order valence-electron chi connectivity index (χ1n) is 11.9. The number of rotatable bonds is 7. The summed E-state index contributed by atoms with van der Waals surface area (Å²) in [6, 6.07) is 10.0. The number of carbonyl (C=O) groups excluding carboxylic acids is 2. The van der Waals surface area contributed by atoms with Crippen molar-refractivity contribution in [3.05, 3.63) is 47.5 Å². The van der Waals surface area contributed by atoms with Crippen LogP contribution in [0, 0.1) is 6.92 Å². The molecular weight excluding hydrogens is 493 g/mol. The van der Waals surface area contributed by atoms with Crippen LogP contribution in [0.5, 0.6) is 17.2 Å². The fourth-order valence-corrected chi connectivity index (χ4v) is 4.72. The number of amides is 1. The van der Waals surface area contributed by atoms with Gasteiger partial charge in [0.25, 0.3) is 0 Å². The van der Waals surface area contributed by atoms with Crippen LogP contribution in [0.4, 0.5) is 18.9 Å². The van der Waals surface area contributed by atoms with Crippen LogP contribution in [0.25, 0.3) is 0 Å². The average molecular weight is 523 g/mol. The maximum atomic E-state index is 12.9. The molecule has 200 valence electrons. The van der Waals surface area contributed by atoms with Crippen LogP contribution in [0.2, 0.25) is 0 Å². The number of nitrogens with zero attached hydrogens (tertiary/aromatic N) is 1. The van der Waals surface area contributed by atoms with Gasteiger partial charge >= 0.3 is 12.1 Å². The van der Waals surface area contributed by atoms with Crippen molar-refractivity contribution < 1.29 is 42.1 Å². The molecule has 11 heteroatoms. The van der Waals surface area contributed by atoms with Crippen LogP contribution in [0.1, 0.15) is 30.9 Å². The first kappa shape index (κ1) is 26.6. The zero-order valence-electron chi connectivity index (χ0n) is 20.6. The third-order valence-corrected chi connectivity index (χ3v) is 6.49. The van der Waals surface area contributed by atoms with Crippen molar-refractivity contribution in [3.8, 4) is 17.2 Å². The molecule has 0 radical (unpaired) electrons. The van der Waals surface area contributed by atoms with Gasteiger partial charge in [-0.05, 0) is 30.7 Å². The molecule has 2 aliphatic rings. The van der Waals surface area contributed by atoms with E-state index in [1.54, 1.807) is 0 Å². The lowest BCUT2D eigenvalue weighted by Crippen LogP contribution is -2.50. The summed E-state index contributed by atoms with van der Waals surface area (Å²) >= 11 is 0. The number of benzene rings is 2. The van der Waals surface area contributed by atoms with E-state index in [0.717, 1.165) is 23.3 Å². The van der Waals surface area contributed by atoms with Crippen molar-refractivity contribution in [3.63, 3.8) is 0 Å². The van der Waals surface area contributed by atoms with Crippen molar-refractivity contribution >= 4 is 17.6 Å². The van der Waals surface area contributed by atoms with E-state index in [4.69, 9.17) is 14.2 Å². The van der Waals surface area contributed by atoms with E-state index >= 15 is 0 Å². The highest BCUT2D eigenvalue weighted by Crippen LogP contribution is 2.41. The average Bonchev–Trinajstić information content (AvgIpc) is 3.16. The summed E-state index contributed by atoms with van der Waals surface area (Å²) in [6.45, 7) is 3.97. The number of piperidine rings is 1. The predicted molar refractivity (Wildman–Crippen MR) is 128 cm³/mol. The number of phenols is 1. The van der Waals surface area contributed by atoms with Gasteiger partial charge in [0.2, 0.25) is 5.91 Å². The number of nitrogens with one attached hydrogen (secondary N) is 1. The third-order valence-electron chi connectivity index (χ3n) is 6.49. The molecule has 1 spiro atoms. The van der Waals surface area contributed by atoms with Gasteiger partial charge in [-0.25, -0.2) is 4.79 Å². The Balaban J connectivity index is 1.41. The first-order valence-corrected chi connectivity index (χ1v) is 11.9. The van der Waals surface area contributed by atoms with Gasteiger partial charge in [0, 0.05) is 51.9 Å². The number of anilines is 1. The number of fused-ring (bicyclic) bond motifs is 1. The van der Waals surface area contributed by atoms with Gasteiger partial charge < -0.3 is 24.6 Å². The summed E-state index contributed by atoms with van der Waals surface area (Å²) < 4.78 is 55.5. The SMILES string of the molecule is CC(=O)Nc1ccc(O)cc1OC[C@H](CN1CCC2(CC1)Cc1cc(C)ccc1O2)OC(=O)C(F)(F)F. The lowest BCUT2D eigenvalue weighted by atomic mass is 9.87. The largest absolute Gasteiger partial charge is 0.508 e. The number of ether oxygens (including phenoxy) is 3. The van der Waals surface area contributed by atoms with E-state index in [2.05, 4.69) is 11.4 Å². The maximum Gasteiger partial charge on any atom is 0.490 e. The van der Waals surface area contributed by atoms with Crippen LogP contribution in [-0.4, -0.2) is 66.0 Å². The van der Waals surface area contributed by atoms with Crippen molar-refractivity contribution in [2.45, 2.75) is 51.0 Å². The Bertz CT molecular complexity index is 1160. The standard InChI is InChI=1S/C26H29F3N2O6/c1-16-3-6-22-18(11-16)13-25(37-22)7-9-31(10-8-25)14-20(36-24(34)26(27,28)29)15-35-23-12-19(33)4-5-21(23)30-17(2)32/h3-6,11-12,20,33H,7-10,13-15H2,1-2H3,(H,30,32)/t20-/m0/s1. The lowest BCUT2D eigenvalue weighted by Gasteiger charge is -2.39. The second-order valence-corrected chi connectivity index (χ2v) is 9.57.